The Labute approximate surface area is 96.2 Å². The van der Waals surface area contributed by atoms with Crippen LogP contribution in [0.2, 0.25) is 0 Å². The number of hydrogen-bond acceptors (Lipinski definition) is 3. The van der Waals surface area contributed by atoms with E-state index in [-0.39, 0.29) is 0 Å². The largest absolute Gasteiger partial charge is 0.480 e. The molecule has 1 heterocycles. The third kappa shape index (κ3) is 3.11. The molecule has 0 aromatic heterocycles. The number of carboxylic acid groups (broad SMARTS) is 1. The van der Waals surface area contributed by atoms with E-state index in [2.05, 4.69) is 18.7 Å². The molecule has 1 aliphatic heterocycles. The Bertz CT molecular complexity index is 227. The molecular weight excluding hydrogens is 210 g/mol. The molecule has 0 aromatic rings. The van der Waals surface area contributed by atoms with Crippen molar-refractivity contribution in [3.05, 3.63) is 0 Å². The van der Waals surface area contributed by atoms with Gasteiger partial charge in [0.15, 0.2) is 0 Å². The summed E-state index contributed by atoms with van der Waals surface area (Å²) in [5.74, 6) is 1.85. The number of hydrogen-bond donors (Lipinski definition) is 1. The van der Waals surface area contributed by atoms with E-state index >= 15 is 0 Å². The van der Waals surface area contributed by atoms with Crippen molar-refractivity contribution in [3.8, 4) is 0 Å². The molecule has 3 nitrogen and oxygen atoms in total. The summed E-state index contributed by atoms with van der Waals surface area (Å²) in [5.41, 5.74) is -0.671. The van der Waals surface area contributed by atoms with Gasteiger partial charge in [0.1, 0.15) is 5.54 Å². The molecule has 1 N–H and O–H groups in total. The van der Waals surface area contributed by atoms with E-state index in [1.165, 1.54) is 0 Å². The molecule has 1 rings (SSSR count). The zero-order chi connectivity index (χ0) is 11.5. The maximum atomic E-state index is 11.4. The molecular formula is C11H21NO2S. The Morgan fingerprint density at radius 2 is 2.00 bits per heavy atom. The molecule has 0 spiro atoms. The van der Waals surface area contributed by atoms with Crippen molar-refractivity contribution in [1.82, 2.24) is 4.90 Å². The van der Waals surface area contributed by atoms with Crippen molar-refractivity contribution in [2.24, 2.45) is 5.92 Å². The molecule has 0 aromatic carbocycles. The van der Waals surface area contributed by atoms with E-state index in [4.69, 9.17) is 0 Å². The quantitative estimate of drug-likeness (QED) is 0.802. The first kappa shape index (κ1) is 12.8. The topological polar surface area (TPSA) is 40.5 Å². The van der Waals surface area contributed by atoms with Crippen LogP contribution in [0, 0.1) is 5.92 Å². The van der Waals surface area contributed by atoms with Gasteiger partial charge in [-0.15, -0.1) is 0 Å². The normalized spacial score (nSPS) is 22.7. The zero-order valence-electron chi connectivity index (χ0n) is 9.82. The van der Waals surface area contributed by atoms with Gasteiger partial charge in [-0.1, -0.05) is 13.8 Å². The Morgan fingerprint density at radius 3 is 2.40 bits per heavy atom. The molecule has 1 atom stereocenters. The van der Waals surface area contributed by atoms with Gasteiger partial charge < -0.3 is 5.11 Å². The lowest BCUT2D eigenvalue weighted by atomic mass is 9.89. The first-order valence-electron chi connectivity index (χ1n) is 5.53. The smallest absolute Gasteiger partial charge is 0.323 e. The molecule has 0 amide bonds. The van der Waals surface area contributed by atoms with E-state index in [9.17, 15) is 9.90 Å². The second-order valence-electron chi connectivity index (χ2n) is 4.78. The zero-order valence-corrected chi connectivity index (χ0v) is 10.6. The van der Waals surface area contributed by atoms with E-state index in [1.807, 2.05) is 18.7 Å². The third-order valence-electron chi connectivity index (χ3n) is 2.98. The van der Waals surface area contributed by atoms with Gasteiger partial charge in [0, 0.05) is 24.6 Å². The van der Waals surface area contributed by atoms with E-state index in [0.717, 1.165) is 31.0 Å². The van der Waals surface area contributed by atoms with E-state index in [1.54, 1.807) is 0 Å². The number of carboxylic acids is 1. The lowest BCUT2D eigenvalue weighted by Crippen LogP contribution is -2.55. The van der Waals surface area contributed by atoms with Crippen molar-refractivity contribution >= 4 is 17.7 Å². The monoisotopic (exact) mass is 231 g/mol. The highest BCUT2D eigenvalue weighted by molar-refractivity contribution is 7.99. The lowest BCUT2D eigenvalue weighted by Gasteiger charge is -2.41. The van der Waals surface area contributed by atoms with Crippen LogP contribution in [0.4, 0.5) is 0 Å². The summed E-state index contributed by atoms with van der Waals surface area (Å²) in [6, 6.07) is 0. The summed E-state index contributed by atoms with van der Waals surface area (Å²) in [6.45, 7) is 7.84. The minimum Gasteiger partial charge on any atom is -0.480 e. The summed E-state index contributed by atoms with van der Waals surface area (Å²) >= 11 is 1.91. The van der Waals surface area contributed by atoms with Crippen LogP contribution in [0.25, 0.3) is 0 Å². The van der Waals surface area contributed by atoms with Crippen LogP contribution in [0.3, 0.4) is 0 Å². The average Bonchev–Trinajstić information content (AvgIpc) is 2.17. The number of rotatable bonds is 4. The van der Waals surface area contributed by atoms with Gasteiger partial charge in [0.2, 0.25) is 0 Å². The van der Waals surface area contributed by atoms with Crippen LogP contribution in [-0.4, -0.2) is 46.1 Å². The minimum absolute atomic E-state index is 0.417. The molecule has 0 radical (unpaired) electrons. The van der Waals surface area contributed by atoms with Crippen LogP contribution in [0.15, 0.2) is 0 Å². The molecule has 1 fully saturated rings. The fraction of sp³-hybridized carbons (Fsp3) is 0.909. The molecule has 0 aliphatic carbocycles. The number of aliphatic carboxylic acids is 1. The average molecular weight is 231 g/mol. The van der Waals surface area contributed by atoms with Crippen molar-refractivity contribution < 1.29 is 9.90 Å². The Morgan fingerprint density at radius 1 is 1.47 bits per heavy atom. The Kier molecular flexibility index (Phi) is 4.46. The highest BCUT2D eigenvalue weighted by Gasteiger charge is 2.40. The van der Waals surface area contributed by atoms with Gasteiger partial charge in [-0.2, -0.15) is 11.8 Å². The summed E-state index contributed by atoms with van der Waals surface area (Å²) in [7, 11) is 0. The lowest BCUT2D eigenvalue weighted by molar-refractivity contribution is -0.151. The second-order valence-corrected chi connectivity index (χ2v) is 6.00. The predicted octanol–water partition coefficient (Wildman–Crippen LogP) is 1.92. The third-order valence-corrected chi connectivity index (χ3v) is 3.92. The maximum Gasteiger partial charge on any atom is 0.323 e. The van der Waals surface area contributed by atoms with Crippen molar-refractivity contribution in [2.45, 2.75) is 32.7 Å². The predicted molar refractivity (Wildman–Crippen MR) is 64.4 cm³/mol. The van der Waals surface area contributed by atoms with Gasteiger partial charge >= 0.3 is 5.97 Å². The standard InChI is InChI=1S/C11H21NO2S/c1-9(2)8-11(3,10(13)14)12-4-6-15-7-5-12/h9H,4-8H2,1-3H3,(H,13,14). The van der Waals surface area contributed by atoms with Gasteiger partial charge in [0.05, 0.1) is 0 Å². The second kappa shape index (κ2) is 5.21. The van der Waals surface area contributed by atoms with Gasteiger partial charge in [-0.25, -0.2) is 0 Å². The summed E-state index contributed by atoms with van der Waals surface area (Å²) in [6.07, 6.45) is 0.729. The van der Waals surface area contributed by atoms with Crippen LogP contribution in [-0.2, 0) is 4.79 Å². The van der Waals surface area contributed by atoms with Crippen molar-refractivity contribution in [2.75, 3.05) is 24.6 Å². The molecule has 15 heavy (non-hydrogen) atoms. The van der Waals surface area contributed by atoms with E-state index < -0.39 is 11.5 Å². The minimum atomic E-state index is -0.678. The summed E-state index contributed by atoms with van der Waals surface area (Å²) < 4.78 is 0. The number of carbonyl (C=O) groups is 1. The van der Waals surface area contributed by atoms with Crippen molar-refractivity contribution in [1.29, 1.82) is 0 Å². The van der Waals surface area contributed by atoms with Gasteiger partial charge in [-0.3, -0.25) is 9.69 Å². The van der Waals surface area contributed by atoms with Crippen LogP contribution in [0.5, 0.6) is 0 Å². The molecule has 1 unspecified atom stereocenters. The first-order chi connectivity index (χ1) is 6.97. The van der Waals surface area contributed by atoms with Gasteiger partial charge in [-0.05, 0) is 19.3 Å². The SMILES string of the molecule is CC(C)CC(C)(C(=O)O)N1CCSCC1. The van der Waals surface area contributed by atoms with Crippen LogP contribution in [0.1, 0.15) is 27.2 Å². The fourth-order valence-electron chi connectivity index (χ4n) is 2.20. The maximum absolute atomic E-state index is 11.4. The Balaban J connectivity index is 2.74. The first-order valence-corrected chi connectivity index (χ1v) is 6.68. The van der Waals surface area contributed by atoms with Gasteiger partial charge in [0.25, 0.3) is 0 Å². The molecule has 0 saturated carbocycles. The highest BCUT2D eigenvalue weighted by atomic mass is 32.2. The molecule has 1 aliphatic rings. The summed E-state index contributed by atoms with van der Waals surface area (Å²) in [4.78, 5) is 13.5. The van der Waals surface area contributed by atoms with Crippen LogP contribution >= 0.6 is 11.8 Å². The molecule has 1 saturated heterocycles. The molecule has 0 bridgehead atoms. The molecule has 88 valence electrons. The Hall–Kier alpha value is -0.220. The van der Waals surface area contributed by atoms with E-state index in [0.29, 0.717) is 5.92 Å². The fourth-order valence-corrected chi connectivity index (χ4v) is 3.11. The summed E-state index contributed by atoms with van der Waals surface area (Å²) in [5, 5.41) is 9.39. The highest BCUT2D eigenvalue weighted by Crippen LogP contribution is 2.27. The number of thioether (sulfide) groups is 1. The van der Waals surface area contributed by atoms with Crippen molar-refractivity contribution in [3.63, 3.8) is 0 Å². The molecule has 4 heteroatoms. The van der Waals surface area contributed by atoms with Crippen LogP contribution < -0.4 is 0 Å². The number of nitrogens with zero attached hydrogens (tertiary/aromatic N) is 1.